The number of hydrogen-bond donors (Lipinski definition) is 0. The fourth-order valence-corrected chi connectivity index (χ4v) is 6.60. The van der Waals surface area contributed by atoms with Gasteiger partial charge in [-0.05, 0) is 36.5 Å². The Balaban J connectivity index is 3.23. The van der Waals surface area contributed by atoms with Crippen molar-refractivity contribution in [2.75, 3.05) is 6.26 Å². The first-order valence-corrected chi connectivity index (χ1v) is 19.8. The number of rotatable bonds is 33. The summed E-state index contributed by atoms with van der Waals surface area (Å²) in [4.78, 5) is 1.20. The lowest BCUT2D eigenvalue weighted by molar-refractivity contribution is 0.515. The molecule has 0 amide bonds. The van der Waals surface area contributed by atoms with Gasteiger partial charge in [0, 0.05) is 6.42 Å². The van der Waals surface area contributed by atoms with Crippen molar-refractivity contribution in [2.45, 2.75) is 219 Å². The van der Waals surface area contributed by atoms with E-state index in [1.54, 1.807) is 0 Å². The van der Waals surface area contributed by atoms with Gasteiger partial charge in [-0.25, -0.2) is 0 Å². The first kappa shape index (κ1) is 39.0. The van der Waals surface area contributed by atoms with Crippen molar-refractivity contribution in [3.63, 3.8) is 0 Å². The van der Waals surface area contributed by atoms with E-state index < -0.39 is 11.2 Å². The monoisotopic (exact) mass is 567 g/mol. The Morgan fingerprint density at radius 1 is 0.410 bits per heavy atom. The molecule has 0 saturated heterocycles. The first-order chi connectivity index (χ1) is 19.2. The van der Waals surface area contributed by atoms with Crippen LogP contribution in [0.5, 0.6) is 0 Å². The topological polar surface area (TPSA) is 23.1 Å². The minimum absolute atomic E-state index is 0.770. The summed E-state index contributed by atoms with van der Waals surface area (Å²) in [6.45, 7) is 4.55. The summed E-state index contributed by atoms with van der Waals surface area (Å²) in [5.74, 6) is 0. The Morgan fingerprint density at radius 3 is 0.949 bits per heavy atom. The molecule has 1 nitrogen and oxygen atoms in total. The van der Waals surface area contributed by atoms with E-state index >= 15 is 0 Å². The molecule has 0 bridgehead atoms. The normalized spacial score (nSPS) is 12.9. The van der Waals surface area contributed by atoms with E-state index in [9.17, 15) is 4.55 Å². The maximum atomic E-state index is 11.9. The highest BCUT2D eigenvalue weighted by atomic mass is 32.2. The van der Waals surface area contributed by atoms with Crippen molar-refractivity contribution in [1.29, 1.82) is 0 Å². The summed E-state index contributed by atoms with van der Waals surface area (Å²) in [7, 11) is 0. The van der Waals surface area contributed by atoms with Crippen LogP contribution in [0.1, 0.15) is 219 Å². The third kappa shape index (κ3) is 32.4. The van der Waals surface area contributed by atoms with E-state index in [0.29, 0.717) is 0 Å². The predicted molar refractivity (Wildman–Crippen MR) is 181 cm³/mol. The first-order valence-electron chi connectivity index (χ1n) is 18.2. The van der Waals surface area contributed by atoms with Crippen molar-refractivity contribution in [3.05, 3.63) is 11.0 Å². The van der Waals surface area contributed by atoms with E-state index in [0.717, 1.165) is 12.8 Å². The lowest BCUT2D eigenvalue weighted by atomic mass is 10.0. The second-order valence-corrected chi connectivity index (χ2v) is 14.0. The molecule has 0 aliphatic rings. The van der Waals surface area contributed by atoms with Crippen molar-refractivity contribution >= 4 is 11.2 Å². The Morgan fingerprint density at radius 2 is 0.667 bits per heavy atom. The molecule has 0 rings (SSSR count). The van der Waals surface area contributed by atoms with Gasteiger partial charge in [-0.1, -0.05) is 194 Å². The highest BCUT2D eigenvalue weighted by Crippen LogP contribution is 2.19. The molecule has 0 N–H and O–H groups in total. The van der Waals surface area contributed by atoms with Gasteiger partial charge in [-0.15, -0.1) is 0 Å². The zero-order chi connectivity index (χ0) is 28.5. The summed E-state index contributed by atoms with van der Waals surface area (Å²) in [5, 5.41) is 0. The SMILES string of the molecule is CCCCCCCCCCCCCCCCCCCCCCCCCCCCC=C(CCCCCC)[S+](C)[O-]. The zero-order valence-electron chi connectivity index (χ0n) is 27.5. The van der Waals surface area contributed by atoms with Crippen LogP contribution in [0.15, 0.2) is 11.0 Å². The summed E-state index contributed by atoms with van der Waals surface area (Å²) in [6.07, 6.45) is 49.0. The van der Waals surface area contributed by atoms with Crippen LogP contribution >= 0.6 is 0 Å². The highest BCUT2D eigenvalue weighted by molar-refractivity contribution is 7.94. The third-order valence-corrected chi connectivity index (χ3v) is 9.68. The summed E-state index contributed by atoms with van der Waals surface area (Å²) in [5.41, 5.74) is 0. The molecule has 0 aliphatic heterocycles. The summed E-state index contributed by atoms with van der Waals surface area (Å²) >= 11 is -0.770. The molecule has 39 heavy (non-hydrogen) atoms. The van der Waals surface area contributed by atoms with Gasteiger partial charge in [-0.2, -0.15) is 0 Å². The van der Waals surface area contributed by atoms with Gasteiger partial charge in [0.2, 0.25) is 0 Å². The average molecular weight is 567 g/mol. The Kier molecular flexibility index (Phi) is 34.3. The fraction of sp³-hybridized carbons (Fsp3) is 0.946. The molecule has 1 unspecified atom stereocenters. The van der Waals surface area contributed by atoms with Crippen LogP contribution in [0, 0.1) is 0 Å². The maximum absolute atomic E-state index is 11.9. The van der Waals surface area contributed by atoms with Crippen LogP contribution in [0.2, 0.25) is 0 Å². The van der Waals surface area contributed by atoms with E-state index in [1.165, 1.54) is 198 Å². The molecule has 0 spiro atoms. The van der Waals surface area contributed by atoms with Gasteiger partial charge in [0.05, 0.1) is 0 Å². The fourth-order valence-electron chi connectivity index (χ4n) is 5.81. The highest BCUT2D eigenvalue weighted by Gasteiger charge is 2.07. The van der Waals surface area contributed by atoms with Gasteiger partial charge in [0.15, 0.2) is 0 Å². The molecule has 1 atom stereocenters. The van der Waals surface area contributed by atoms with Crippen molar-refractivity contribution < 1.29 is 4.55 Å². The third-order valence-electron chi connectivity index (χ3n) is 8.58. The molecule has 0 radical (unpaired) electrons. The van der Waals surface area contributed by atoms with Crippen LogP contribution in [0.3, 0.4) is 0 Å². The quantitative estimate of drug-likeness (QED) is 0.0572. The van der Waals surface area contributed by atoms with Crippen LogP contribution in [0.4, 0.5) is 0 Å². The zero-order valence-corrected chi connectivity index (χ0v) is 28.3. The van der Waals surface area contributed by atoms with E-state index in [1.807, 2.05) is 6.26 Å². The second kappa shape index (κ2) is 34.3. The van der Waals surface area contributed by atoms with Gasteiger partial charge in [0.1, 0.15) is 11.2 Å². The van der Waals surface area contributed by atoms with Crippen LogP contribution < -0.4 is 0 Å². The molecule has 0 aromatic heterocycles. The lowest BCUT2D eigenvalue weighted by Gasteiger charge is -2.09. The van der Waals surface area contributed by atoms with E-state index in [-0.39, 0.29) is 0 Å². The van der Waals surface area contributed by atoms with Crippen LogP contribution in [0.25, 0.3) is 0 Å². The number of unbranched alkanes of at least 4 members (excludes halogenated alkanes) is 29. The maximum Gasteiger partial charge on any atom is 0.125 e. The van der Waals surface area contributed by atoms with Crippen LogP contribution in [-0.4, -0.2) is 10.8 Å². The molecule has 2 heteroatoms. The Hall–Kier alpha value is 0.0500. The lowest BCUT2D eigenvalue weighted by Crippen LogP contribution is -2.01. The molecule has 0 saturated carbocycles. The van der Waals surface area contributed by atoms with Gasteiger partial charge in [-0.3, -0.25) is 0 Å². The predicted octanol–water partition coefficient (Wildman–Crippen LogP) is 13.8. The van der Waals surface area contributed by atoms with Crippen LogP contribution in [-0.2, 0) is 11.2 Å². The largest absolute Gasteiger partial charge is 0.612 e. The second-order valence-electron chi connectivity index (χ2n) is 12.6. The van der Waals surface area contributed by atoms with Crippen molar-refractivity contribution in [2.24, 2.45) is 0 Å². The molecule has 0 aromatic carbocycles. The van der Waals surface area contributed by atoms with Gasteiger partial charge < -0.3 is 4.55 Å². The van der Waals surface area contributed by atoms with Gasteiger partial charge >= 0.3 is 0 Å². The standard InChI is InChI=1S/C37H74OS/c1-4-6-8-10-11-12-13-14-15-16-17-18-19-20-21-22-23-24-25-26-27-28-29-30-31-32-34-36-37(39(3)38)35-33-9-7-5-2/h36H,4-35H2,1-3H3. The molecule has 234 valence electrons. The molecular formula is C37H74OS. The van der Waals surface area contributed by atoms with E-state index in [4.69, 9.17) is 0 Å². The minimum atomic E-state index is -0.770. The smallest absolute Gasteiger partial charge is 0.125 e. The molecular weight excluding hydrogens is 492 g/mol. The average Bonchev–Trinajstić information content (AvgIpc) is 2.93. The molecule has 0 heterocycles. The summed E-state index contributed by atoms with van der Waals surface area (Å²) < 4.78 is 11.9. The minimum Gasteiger partial charge on any atom is -0.612 e. The number of hydrogen-bond acceptors (Lipinski definition) is 1. The van der Waals surface area contributed by atoms with Gasteiger partial charge in [0.25, 0.3) is 0 Å². The van der Waals surface area contributed by atoms with E-state index in [2.05, 4.69) is 19.9 Å². The Bertz CT molecular complexity index is 472. The molecule has 0 aromatic rings. The molecule has 0 aliphatic carbocycles. The molecule has 0 fully saturated rings. The summed E-state index contributed by atoms with van der Waals surface area (Å²) in [6, 6.07) is 0. The number of allylic oxidation sites excluding steroid dienone is 2. The van der Waals surface area contributed by atoms with Crippen molar-refractivity contribution in [1.82, 2.24) is 0 Å². The van der Waals surface area contributed by atoms with Crippen molar-refractivity contribution in [3.8, 4) is 0 Å². The Labute approximate surface area is 251 Å².